The van der Waals surface area contributed by atoms with Gasteiger partial charge in [0.15, 0.2) is 0 Å². The van der Waals surface area contributed by atoms with Gasteiger partial charge in [-0.05, 0) is 31.4 Å². The van der Waals surface area contributed by atoms with E-state index in [0.717, 1.165) is 11.3 Å². The van der Waals surface area contributed by atoms with Crippen LogP contribution >= 0.6 is 0 Å². The van der Waals surface area contributed by atoms with Crippen molar-refractivity contribution in [3.63, 3.8) is 0 Å². The van der Waals surface area contributed by atoms with E-state index in [1.54, 1.807) is 18.3 Å². The zero-order chi connectivity index (χ0) is 14.1. The third-order valence-electron chi connectivity index (χ3n) is 3.49. The first kappa shape index (κ1) is 12.7. The molecule has 5 heteroatoms. The third-order valence-corrected chi connectivity index (χ3v) is 3.49. The van der Waals surface area contributed by atoms with Crippen LogP contribution in [0.3, 0.4) is 0 Å². The third kappa shape index (κ3) is 2.39. The predicted molar refractivity (Wildman–Crippen MR) is 73.0 cm³/mol. The number of carboxylic acid groups (broad SMARTS) is 1. The van der Waals surface area contributed by atoms with Gasteiger partial charge in [0.1, 0.15) is 17.9 Å². The zero-order valence-electron chi connectivity index (χ0n) is 11.2. The van der Waals surface area contributed by atoms with E-state index in [1.165, 1.54) is 12.8 Å². The van der Waals surface area contributed by atoms with Crippen LogP contribution in [0.5, 0.6) is 5.75 Å². The number of rotatable bonds is 5. The van der Waals surface area contributed by atoms with Crippen LogP contribution in [-0.4, -0.2) is 20.6 Å². The second-order valence-electron chi connectivity index (χ2n) is 5.07. The van der Waals surface area contributed by atoms with Crippen LogP contribution in [0, 0.1) is 6.92 Å². The summed E-state index contributed by atoms with van der Waals surface area (Å²) in [5.41, 5.74) is 2.00. The second-order valence-corrected chi connectivity index (χ2v) is 5.07. The van der Waals surface area contributed by atoms with Crippen molar-refractivity contribution in [2.24, 2.45) is 0 Å². The Hall–Kier alpha value is -2.30. The van der Waals surface area contributed by atoms with E-state index in [-0.39, 0.29) is 5.56 Å². The van der Waals surface area contributed by atoms with E-state index in [9.17, 15) is 9.90 Å². The molecule has 5 nitrogen and oxygen atoms in total. The van der Waals surface area contributed by atoms with Crippen molar-refractivity contribution in [3.05, 3.63) is 47.5 Å². The maximum atomic E-state index is 11.2. The molecule has 0 radical (unpaired) electrons. The van der Waals surface area contributed by atoms with Gasteiger partial charge in [0.25, 0.3) is 0 Å². The van der Waals surface area contributed by atoms with Gasteiger partial charge < -0.3 is 14.4 Å². The molecule has 2 aromatic rings. The average molecular weight is 272 g/mol. The number of aryl methyl sites for hydroxylation is 1. The maximum Gasteiger partial charge on any atom is 0.339 e. The molecule has 104 valence electrons. The first-order chi connectivity index (χ1) is 9.66. The van der Waals surface area contributed by atoms with Crippen LogP contribution < -0.4 is 4.74 Å². The Morgan fingerprint density at radius 3 is 3.00 bits per heavy atom. The normalized spacial score (nSPS) is 14.2. The van der Waals surface area contributed by atoms with Crippen LogP contribution in [0.1, 0.15) is 40.5 Å². The highest BCUT2D eigenvalue weighted by atomic mass is 16.5. The van der Waals surface area contributed by atoms with Gasteiger partial charge in [-0.15, -0.1) is 0 Å². The molecular formula is C15H16N2O3. The number of imidazole rings is 1. The number of hydrogen-bond donors (Lipinski definition) is 1. The number of benzene rings is 1. The Kier molecular flexibility index (Phi) is 3.18. The van der Waals surface area contributed by atoms with Crippen LogP contribution in [0.25, 0.3) is 0 Å². The lowest BCUT2D eigenvalue weighted by atomic mass is 10.1. The maximum absolute atomic E-state index is 11.2. The number of aromatic carboxylic acids is 1. The van der Waals surface area contributed by atoms with E-state index in [2.05, 4.69) is 9.55 Å². The highest BCUT2D eigenvalue weighted by Gasteiger charge is 2.25. The molecule has 0 spiro atoms. The first-order valence-electron chi connectivity index (χ1n) is 6.63. The fraction of sp³-hybridized carbons (Fsp3) is 0.333. The average Bonchev–Trinajstić information content (AvgIpc) is 3.16. The Morgan fingerprint density at radius 1 is 1.50 bits per heavy atom. The van der Waals surface area contributed by atoms with Crippen LogP contribution in [-0.2, 0) is 6.61 Å². The van der Waals surface area contributed by atoms with Crippen molar-refractivity contribution in [2.45, 2.75) is 32.4 Å². The van der Waals surface area contributed by atoms with Crippen molar-refractivity contribution < 1.29 is 14.6 Å². The summed E-state index contributed by atoms with van der Waals surface area (Å²) >= 11 is 0. The summed E-state index contributed by atoms with van der Waals surface area (Å²) < 4.78 is 7.86. The zero-order valence-corrected chi connectivity index (χ0v) is 11.2. The summed E-state index contributed by atoms with van der Waals surface area (Å²) in [6.07, 6.45) is 5.94. The van der Waals surface area contributed by atoms with Crippen LogP contribution in [0.15, 0.2) is 30.7 Å². The number of carboxylic acids is 1. The molecule has 0 saturated heterocycles. The van der Waals surface area contributed by atoms with Crippen molar-refractivity contribution >= 4 is 5.97 Å². The highest BCUT2D eigenvalue weighted by molar-refractivity contribution is 5.91. The highest BCUT2D eigenvalue weighted by Crippen LogP contribution is 2.36. The predicted octanol–water partition coefficient (Wildman–Crippen LogP) is 2.80. The summed E-state index contributed by atoms with van der Waals surface area (Å²) in [6, 6.07) is 5.66. The van der Waals surface area contributed by atoms with E-state index in [4.69, 9.17) is 4.74 Å². The molecule has 1 saturated carbocycles. The Balaban J connectivity index is 1.81. The minimum absolute atomic E-state index is 0.197. The topological polar surface area (TPSA) is 64.3 Å². The van der Waals surface area contributed by atoms with Crippen molar-refractivity contribution in [1.82, 2.24) is 9.55 Å². The van der Waals surface area contributed by atoms with Gasteiger partial charge in [0, 0.05) is 6.04 Å². The molecule has 3 rings (SSSR count). The van der Waals surface area contributed by atoms with E-state index in [1.807, 2.05) is 19.3 Å². The number of hydrogen-bond acceptors (Lipinski definition) is 3. The molecule has 1 N–H and O–H groups in total. The second kappa shape index (κ2) is 5.00. The van der Waals surface area contributed by atoms with E-state index in [0.29, 0.717) is 18.4 Å². The molecule has 1 aliphatic carbocycles. The molecule has 1 aliphatic rings. The van der Waals surface area contributed by atoms with E-state index < -0.39 is 5.97 Å². The monoisotopic (exact) mass is 272 g/mol. The smallest absolute Gasteiger partial charge is 0.339 e. The summed E-state index contributed by atoms with van der Waals surface area (Å²) in [6.45, 7) is 2.18. The first-order valence-corrected chi connectivity index (χ1v) is 6.63. The molecule has 1 heterocycles. The van der Waals surface area contributed by atoms with Crippen molar-refractivity contribution in [2.75, 3.05) is 0 Å². The molecular weight excluding hydrogens is 256 g/mol. The number of nitrogens with zero attached hydrogens (tertiary/aromatic N) is 2. The Labute approximate surface area is 116 Å². The van der Waals surface area contributed by atoms with Crippen LogP contribution in [0.4, 0.5) is 0 Å². The molecule has 0 unspecified atom stereocenters. The van der Waals surface area contributed by atoms with Crippen molar-refractivity contribution in [1.29, 1.82) is 0 Å². The Bertz CT molecular complexity index is 644. The number of para-hydroxylation sites is 1. The molecule has 0 atom stereocenters. The van der Waals surface area contributed by atoms with Gasteiger partial charge in [0.05, 0.1) is 18.2 Å². The number of aromatic nitrogens is 2. The summed E-state index contributed by atoms with van der Waals surface area (Å²) in [5.74, 6) is -0.539. The van der Waals surface area contributed by atoms with Gasteiger partial charge in [-0.25, -0.2) is 9.78 Å². The number of ether oxygens (including phenoxy) is 1. The Morgan fingerprint density at radius 2 is 2.30 bits per heavy atom. The molecule has 0 amide bonds. The summed E-state index contributed by atoms with van der Waals surface area (Å²) in [5, 5.41) is 9.20. The molecule has 1 aromatic carbocycles. The largest absolute Gasteiger partial charge is 0.486 e. The van der Waals surface area contributed by atoms with Gasteiger partial charge in [-0.2, -0.15) is 0 Å². The molecule has 0 aliphatic heterocycles. The molecule has 20 heavy (non-hydrogen) atoms. The number of carbonyl (C=O) groups is 1. The fourth-order valence-corrected chi connectivity index (χ4v) is 2.28. The van der Waals surface area contributed by atoms with Crippen LogP contribution in [0.2, 0.25) is 0 Å². The van der Waals surface area contributed by atoms with Gasteiger partial charge in [-0.1, -0.05) is 12.1 Å². The van der Waals surface area contributed by atoms with Crippen molar-refractivity contribution in [3.8, 4) is 5.75 Å². The van der Waals surface area contributed by atoms with Gasteiger partial charge in [0.2, 0.25) is 0 Å². The lowest BCUT2D eigenvalue weighted by Crippen LogP contribution is -2.08. The lowest BCUT2D eigenvalue weighted by Gasteiger charge is -2.13. The van der Waals surface area contributed by atoms with Gasteiger partial charge >= 0.3 is 5.97 Å². The molecule has 1 fully saturated rings. The minimum atomic E-state index is -0.973. The minimum Gasteiger partial charge on any atom is -0.486 e. The summed E-state index contributed by atoms with van der Waals surface area (Å²) in [7, 11) is 0. The summed E-state index contributed by atoms with van der Waals surface area (Å²) in [4.78, 5) is 15.4. The quantitative estimate of drug-likeness (QED) is 0.909. The standard InChI is InChI=1S/C15H16N2O3/c1-10-3-2-4-13(15(18)19)14(10)20-8-12-7-16-9-17(12)11-5-6-11/h2-4,7,9,11H,5-6,8H2,1H3,(H,18,19). The van der Waals surface area contributed by atoms with E-state index >= 15 is 0 Å². The molecule has 1 aromatic heterocycles. The molecule has 0 bridgehead atoms. The SMILES string of the molecule is Cc1cccc(C(=O)O)c1OCc1cncn1C1CC1. The van der Waals surface area contributed by atoms with Gasteiger partial charge in [-0.3, -0.25) is 0 Å². The fourth-order valence-electron chi connectivity index (χ4n) is 2.28. The lowest BCUT2D eigenvalue weighted by molar-refractivity contribution is 0.0691.